The van der Waals surface area contributed by atoms with Crippen molar-refractivity contribution in [1.82, 2.24) is 14.9 Å². The number of carbonyl (C=O) groups is 1. The largest absolute Gasteiger partial charge is 0.489 e. The van der Waals surface area contributed by atoms with Crippen LogP contribution in [0.4, 0.5) is 4.39 Å². The number of benzene rings is 1. The molecule has 1 amide bonds. The molecular formula is C22H16FN3O3S. The molecule has 150 valence electrons. The number of aromatic nitrogens is 2. The van der Waals surface area contributed by atoms with Crippen LogP contribution in [0.15, 0.2) is 59.7 Å². The number of rotatable bonds is 4. The average molecular weight is 421 g/mol. The quantitative estimate of drug-likeness (QED) is 0.513. The highest BCUT2D eigenvalue weighted by Gasteiger charge is 2.22. The van der Waals surface area contributed by atoms with Gasteiger partial charge in [-0.2, -0.15) is 4.39 Å². The molecule has 0 radical (unpaired) electrons. The van der Waals surface area contributed by atoms with Crippen molar-refractivity contribution in [2.45, 2.75) is 13.0 Å². The first-order valence-corrected chi connectivity index (χ1v) is 10.2. The molecule has 8 heteroatoms. The number of fused-ring (bicyclic) bond motifs is 3. The zero-order valence-electron chi connectivity index (χ0n) is 15.7. The van der Waals surface area contributed by atoms with Crippen LogP contribution in [0.25, 0.3) is 15.8 Å². The number of pyridine rings is 2. The molecule has 0 bridgehead atoms. The molecule has 0 saturated heterocycles. The number of nitrogens with one attached hydrogen (secondary N) is 1. The Morgan fingerprint density at radius 3 is 2.87 bits per heavy atom. The lowest BCUT2D eigenvalue weighted by Gasteiger charge is -2.12. The molecule has 4 aromatic rings. The molecule has 0 atom stereocenters. The summed E-state index contributed by atoms with van der Waals surface area (Å²) in [5.74, 6) is -0.163. The Labute approximate surface area is 174 Å². The first kappa shape index (κ1) is 18.5. The summed E-state index contributed by atoms with van der Waals surface area (Å²) in [6.07, 6.45) is 3.87. The van der Waals surface area contributed by atoms with Crippen LogP contribution in [0, 0.1) is 5.95 Å². The van der Waals surface area contributed by atoms with Crippen molar-refractivity contribution < 1.29 is 13.9 Å². The van der Waals surface area contributed by atoms with E-state index in [1.54, 1.807) is 18.3 Å². The van der Waals surface area contributed by atoms with Crippen molar-refractivity contribution in [2.24, 2.45) is 0 Å². The van der Waals surface area contributed by atoms with Crippen LogP contribution in [0.5, 0.6) is 5.75 Å². The van der Waals surface area contributed by atoms with E-state index in [0.717, 1.165) is 32.6 Å². The average Bonchev–Trinajstić information content (AvgIpc) is 3.13. The molecule has 1 N–H and O–H groups in total. The molecule has 1 aliphatic heterocycles. The minimum Gasteiger partial charge on any atom is -0.489 e. The lowest BCUT2D eigenvalue weighted by Crippen LogP contribution is -2.30. The number of amides is 1. The van der Waals surface area contributed by atoms with Crippen molar-refractivity contribution in [1.29, 1.82) is 0 Å². The third-order valence-corrected chi connectivity index (χ3v) is 6.20. The number of halogens is 1. The normalized spacial score (nSPS) is 13.2. The van der Waals surface area contributed by atoms with Gasteiger partial charge in [-0.1, -0.05) is 6.07 Å². The van der Waals surface area contributed by atoms with Gasteiger partial charge in [-0.25, -0.2) is 4.98 Å². The fourth-order valence-corrected chi connectivity index (χ4v) is 4.72. The van der Waals surface area contributed by atoms with E-state index in [1.165, 1.54) is 34.2 Å². The molecule has 0 saturated carbocycles. The Morgan fingerprint density at radius 1 is 1.17 bits per heavy atom. The van der Waals surface area contributed by atoms with Gasteiger partial charge in [0.05, 0.1) is 10.6 Å². The fraction of sp³-hybridized carbons (Fsp3) is 0.136. The third-order valence-electron chi connectivity index (χ3n) is 5.01. The van der Waals surface area contributed by atoms with E-state index in [2.05, 4.69) is 10.3 Å². The summed E-state index contributed by atoms with van der Waals surface area (Å²) in [6.45, 7) is 0.833. The molecule has 3 aromatic heterocycles. The summed E-state index contributed by atoms with van der Waals surface area (Å²) >= 11 is 1.45. The fourth-order valence-electron chi connectivity index (χ4n) is 3.52. The summed E-state index contributed by atoms with van der Waals surface area (Å²) in [5.41, 5.74) is 2.28. The van der Waals surface area contributed by atoms with Gasteiger partial charge in [-0.3, -0.25) is 14.2 Å². The smallest absolute Gasteiger partial charge is 0.261 e. The van der Waals surface area contributed by atoms with Gasteiger partial charge in [-0.05, 0) is 47.7 Å². The molecule has 0 unspecified atom stereocenters. The van der Waals surface area contributed by atoms with Crippen molar-refractivity contribution in [2.75, 3.05) is 6.54 Å². The second kappa shape index (κ2) is 7.38. The molecule has 30 heavy (non-hydrogen) atoms. The Kier molecular flexibility index (Phi) is 4.55. The summed E-state index contributed by atoms with van der Waals surface area (Å²) in [6, 6.07) is 11.7. The Hall–Kier alpha value is -3.52. The SMILES string of the molecule is O=C1NCCc2c1sc1cc(-n3ccc(OCc4ccc(F)nc4)cc3=O)ccc21. The van der Waals surface area contributed by atoms with Gasteiger partial charge >= 0.3 is 0 Å². The third kappa shape index (κ3) is 3.35. The minimum atomic E-state index is -0.550. The molecule has 0 fully saturated rings. The molecule has 1 aliphatic rings. The molecule has 6 nitrogen and oxygen atoms in total. The predicted molar refractivity (Wildman–Crippen MR) is 112 cm³/mol. The molecule has 4 heterocycles. The van der Waals surface area contributed by atoms with Gasteiger partial charge in [0.1, 0.15) is 12.4 Å². The van der Waals surface area contributed by atoms with Crippen LogP contribution in [0.3, 0.4) is 0 Å². The Bertz CT molecular complexity index is 1330. The molecule has 0 spiro atoms. The van der Waals surface area contributed by atoms with E-state index in [4.69, 9.17) is 4.74 Å². The van der Waals surface area contributed by atoms with Crippen molar-refractivity contribution in [3.8, 4) is 11.4 Å². The van der Waals surface area contributed by atoms with Crippen molar-refractivity contribution in [3.05, 3.63) is 87.2 Å². The van der Waals surface area contributed by atoms with Crippen LogP contribution < -0.4 is 15.6 Å². The number of thiophene rings is 1. The second-order valence-corrected chi connectivity index (χ2v) is 8.00. The lowest BCUT2D eigenvalue weighted by atomic mass is 10.0. The van der Waals surface area contributed by atoms with E-state index < -0.39 is 5.95 Å². The number of nitrogens with zero attached hydrogens (tertiary/aromatic N) is 2. The van der Waals surface area contributed by atoms with Gasteiger partial charge in [-0.15, -0.1) is 11.3 Å². The second-order valence-electron chi connectivity index (χ2n) is 6.94. The number of carbonyl (C=O) groups excluding carboxylic acids is 1. The highest BCUT2D eigenvalue weighted by atomic mass is 32.1. The van der Waals surface area contributed by atoms with Crippen molar-refractivity contribution in [3.63, 3.8) is 0 Å². The molecule has 1 aromatic carbocycles. The number of ether oxygens (including phenoxy) is 1. The highest BCUT2D eigenvalue weighted by Crippen LogP contribution is 2.34. The molecule has 5 rings (SSSR count). The van der Waals surface area contributed by atoms with E-state index in [1.807, 2.05) is 18.2 Å². The van der Waals surface area contributed by atoms with Crippen molar-refractivity contribution >= 4 is 27.3 Å². The van der Waals surface area contributed by atoms with E-state index >= 15 is 0 Å². The van der Waals surface area contributed by atoms with Gasteiger partial charge in [0.25, 0.3) is 11.5 Å². The summed E-state index contributed by atoms with van der Waals surface area (Å²) in [7, 11) is 0. The standard InChI is InChI=1S/C22H16FN3O3S/c23-19-4-1-13(11-25-19)12-29-15-6-8-26(20(27)10-15)14-2-3-16-17-5-7-24-22(28)21(17)30-18(16)9-14/h1-4,6,8-11H,5,7,12H2,(H,24,28). The van der Waals surface area contributed by atoms with Gasteiger partial charge < -0.3 is 10.1 Å². The molecular weight excluding hydrogens is 405 g/mol. The highest BCUT2D eigenvalue weighted by molar-refractivity contribution is 7.21. The minimum absolute atomic E-state index is 0.0333. The summed E-state index contributed by atoms with van der Waals surface area (Å²) in [5, 5.41) is 3.93. The predicted octanol–water partition coefficient (Wildman–Crippen LogP) is 3.45. The molecule has 0 aliphatic carbocycles. The summed E-state index contributed by atoms with van der Waals surface area (Å²) < 4.78 is 21.0. The topological polar surface area (TPSA) is 73.2 Å². The first-order valence-electron chi connectivity index (χ1n) is 9.38. The first-order chi connectivity index (χ1) is 14.6. The van der Waals surface area contributed by atoms with Gasteiger partial charge in [0.2, 0.25) is 5.95 Å². The van der Waals surface area contributed by atoms with Crippen LogP contribution in [0.2, 0.25) is 0 Å². The lowest BCUT2D eigenvalue weighted by molar-refractivity contribution is 0.0951. The van der Waals surface area contributed by atoms with E-state index in [-0.39, 0.29) is 18.1 Å². The number of hydrogen-bond donors (Lipinski definition) is 1. The van der Waals surface area contributed by atoms with Crippen LogP contribution in [-0.2, 0) is 13.0 Å². The Morgan fingerprint density at radius 2 is 2.07 bits per heavy atom. The zero-order valence-corrected chi connectivity index (χ0v) is 16.5. The van der Waals surface area contributed by atoms with Crippen LogP contribution in [0.1, 0.15) is 20.8 Å². The maximum absolute atomic E-state index is 12.9. The monoisotopic (exact) mass is 421 g/mol. The maximum atomic E-state index is 12.9. The summed E-state index contributed by atoms with van der Waals surface area (Å²) in [4.78, 5) is 29.1. The van der Waals surface area contributed by atoms with Gasteiger partial charge in [0, 0.05) is 35.3 Å². The maximum Gasteiger partial charge on any atom is 0.261 e. The van der Waals surface area contributed by atoms with Gasteiger partial charge in [0.15, 0.2) is 0 Å². The van der Waals surface area contributed by atoms with Crippen LogP contribution in [-0.4, -0.2) is 22.0 Å². The van der Waals surface area contributed by atoms with Crippen LogP contribution >= 0.6 is 11.3 Å². The zero-order chi connectivity index (χ0) is 20.7. The number of hydrogen-bond acceptors (Lipinski definition) is 5. The van der Waals surface area contributed by atoms with E-state index in [9.17, 15) is 14.0 Å². The Balaban J connectivity index is 1.41. The van der Waals surface area contributed by atoms with E-state index in [0.29, 0.717) is 17.9 Å².